The van der Waals surface area contributed by atoms with Crippen molar-refractivity contribution >= 4 is 29.0 Å². The number of nitrogens with one attached hydrogen (secondary N) is 2. The molecule has 6 heteroatoms. The normalized spacial score (nSPS) is 10.0. The van der Waals surface area contributed by atoms with Gasteiger partial charge in [0, 0.05) is 22.9 Å². The van der Waals surface area contributed by atoms with Crippen molar-refractivity contribution in [2.45, 2.75) is 0 Å². The third-order valence-corrected chi connectivity index (χ3v) is 2.82. The number of urea groups is 1. The Hall–Kier alpha value is -2.24. The predicted octanol–water partition coefficient (Wildman–Crippen LogP) is 3.32. The van der Waals surface area contributed by atoms with Crippen LogP contribution in [0.25, 0.3) is 0 Å². The SMILES string of the molecule is NCCOc1ccc(NC(=O)Nc2cccc(Cl)c2)cc1. The number of nitrogens with two attached hydrogens (primary N) is 1. The molecule has 0 saturated heterocycles. The summed E-state index contributed by atoms with van der Waals surface area (Å²) >= 11 is 5.85. The fourth-order valence-corrected chi connectivity index (χ4v) is 1.86. The van der Waals surface area contributed by atoms with E-state index in [1.54, 1.807) is 48.5 Å². The van der Waals surface area contributed by atoms with Crippen LogP contribution in [0.5, 0.6) is 5.75 Å². The average molecular weight is 306 g/mol. The maximum atomic E-state index is 11.8. The molecule has 0 unspecified atom stereocenters. The molecule has 0 heterocycles. The van der Waals surface area contributed by atoms with Gasteiger partial charge in [-0.3, -0.25) is 0 Å². The monoisotopic (exact) mass is 305 g/mol. The minimum absolute atomic E-state index is 0.340. The molecule has 2 aromatic rings. The van der Waals surface area contributed by atoms with Crippen LogP contribution in [0.3, 0.4) is 0 Å². The summed E-state index contributed by atoms with van der Waals surface area (Å²) in [7, 11) is 0. The third kappa shape index (κ3) is 4.98. The smallest absolute Gasteiger partial charge is 0.323 e. The molecule has 0 aliphatic carbocycles. The number of ether oxygens (including phenoxy) is 1. The molecule has 0 radical (unpaired) electrons. The molecular formula is C15H16ClN3O2. The van der Waals surface area contributed by atoms with Crippen molar-refractivity contribution < 1.29 is 9.53 Å². The number of rotatable bonds is 5. The summed E-state index contributed by atoms with van der Waals surface area (Å²) in [4.78, 5) is 11.8. The minimum Gasteiger partial charge on any atom is -0.492 e. The first-order valence-corrected chi connectivity index (χ1v) is 6.81. The molecule has 0 aromatic heterocycles. The Morgan fingerprint density at radius 2 is 1.81 bits per heavy atom. The van der Waals surface area contributed by atoms with Gasteiger partial charge in [-0.2, -0.15) is 0 Å². The van der Waals surface area contributed by atoms with Crippen molar-refractivity contribution in [3.05, 3.63) is 53.6 Å². The van der Waals surface area contributed by atoms with Crippen LogP contribution in [-0.4, -0.2) is 19.2 Å². The number of carbonyl (C=O) groups is 1. The summed E-state index contributed by atoms with van der Waals surface area (Å²) in [6.07, 6.45) is 0. The van der Waals surface area contributed by atoms with E-state index < -0.39 is 0 Å². The standard InChI is InChI=1S/C15H16ClN3O2/c16-11-2-1-3-13(10-11)19-15(20)18-12-4-6-14(7-5-12)21-9-8-17/h1-7,10H,8-9,17H2,(H2,18,19,20). The van der Waals surface area contributed by atoms with Crippen molar-refractivity contribution in [1.29, 1.82) is 0 Å². The molecule has 0 saturated carbocycles. The number of anilines is 2. The molecular weight excluding hydrogens is 290 g/mol. The molecule has 2 amide bonds. The molecule has 0 fully saturated rings. The van der Waals surface area contributed by atoms with E-state index in [2.05, 4.69) is 10.6 Å². The summed E-state index contributed by atoms with van der Waals surface area (Å²) in [6, 6.07) is 13.6. The molecule has 2 aromatic carbocycles. The minimum atomic E-state index is -0.340. The van der Waals surface area contributed by atoms with Gasteiger partial charge in [0.05, 0.1) is 0 Å². The quantitative estimate of drug-likeness (QED) is 0.793. The van der Waals surface area contributed by atoms with E-state index in [9.17, 15) is 4.79 Å². The maximum Gasteiger partial charge on any atom is 0.323 e. The van der Waals surface area contributed by atoms with E-state index in [-0.39, 0.29) is 6.03 Å². The molecule has 0 spiro atoms. The van der Waals surface area contributed by atoms with Crippen LogP contribution in [0.15, 0.2) is 48.5 Å². The highest BCUT2D eigenvalue weighted by Crippen LogP contribution is 2.17. The van der Waals surface area contributed by atoms with E-state index in [0.717, 1.165) is 0 Å². The number of amides is 2. The van der Waals surface area contributed by atoms with Crippen molar-refractivity contribution in [3.8, 4) is 5.75 Å². The van der Waals surface area contributed by atoms with E-state index >= 15 is 0 Å². The second-order valence-corrected chi connectivity index (χ2v) is 4.69. The van der Waals surface area contributed by atoms with Gasteiger partial charge in [0.2, 0.25) is 0 Å². The zero-order valence-electron chi connectivity index (χ0n) is 11.3. The van der Waals surface area contributed by atoms with Crippen LogP contribution < -0.4 is 21.1 Å². The summed E-state index contributed by atoms with van der Waals surface area (Å²) < 4.78 is 5.36. The highest BCUT2D eigenvalue weighted by molar-refractivity contribution is 6.30. The van der Waals surface area contributed by atoms with Gasteiger partial charge in [-0.25, -0.2) is 4.79 Å². The van der Waals surface area contributed by atoms with Gasteiger partial charge in [-0.05, 0) is 42.5 Å². The van der Waals surface area contributed by atoms with Crippen LogP contribution in [0.1, 0.15) is 0 Å². The van der Waals surface area contributed by atoms with Gasteiger partial charge in [-0.15, -0.1) is 0 Å². The molecule has 0 atom stereocenters. The van der Waals surface area contributed by atoms with Crippen LogP contribution in [0, 0.1) is 0 Å². The summed E-state index contributed by atoms with van der Waals surface area (Å²) in [5.74, 6) is 0.709. The third-order valence-electron chi connectivity index (χ3n) is 2.58. The van der Waals surface area contributed by atoms with Crippen molar-refractivity contribution in [1.82, 2.24) is 0 Å². The van der Waals surface area contributed by atoms with E-state index in [1.165, 1.54) is 0 Å². The van der Waals surface area contributed by atoms with Crippen molar-refractivity contribution in [2.24, 2.45) is 5.73 Å². The molecule has 4 N–H and O–H groups in total. The zero-order chi connectivity index (χ0) is 15.1. The van der Waals surface area contributed by atoms with Crippen LogP contribution in [-0.2, 0) is 0 Å². The van der Waals surface area contributed by atoms with Gasteiger partial charge in [0.15, 0.2) is 0 Å². The number of hydrogen-bond donors (Lipinski definition) is 3. The fraction of sp³-hybridized carbons (Fsp3) is 0.133. The first-order chi connectivity index (χ1) is 10.2. The van der Waals surface area contributed by atoms with E-state index in [1.807, 2.05) is 0 Å². The molecule has 0 aliphatic rings. The molecule has 5 nitrogen and oxygen atoms in total. The number of carbonyl (C=O) groups excluding carboxylic acids is 1. The Morgan fingerprint density at radius 1 is 1.10 bits per heavy atom. The molecule has 0 aliphatic heterocycles. The zero-order valence-corrected chi connectivity index (χ0v) is 12.1. The van der Waals surface area contributed by atoms with Gasteiger partial charge in [-0.1, -0.05) is 17.7 Å². The maximum absolute atomic E-state index is 11.8. The molecule has 21 heavy (non-hydrogen) atoms. The topological polar surface area (TPSA) is 76.4 Å². The van der Waals surface area contributed by atoms with E-state index in [4.69, 9.17) is 22.1 Å². The largest absolute Gasteiger partial charge is 0.492 e. The Bertz CT molecular complexity index is 602. The number of benzene rings is 2. The lowest BCUT2D eigenvalue weighted by Crippen LogP contribution is -2.19. The Kier molecular flexibility index (Phi) is 5.43. The Balaban J connectivity index is 1.90. The molecule has 2 rings (SSSR count). The van der Waals surface area contributed by atoms with Gasteiger partial charge < -0.3 is 21.1 Å². The van der Waals surface area contributed by atoms with E-state index in [0.29, 0.717) is 35.3 Å². The highest BCUT2D eigenvalue weighted by Gasteiger charge is 2.03. The van der Waals surface area contributed by atoms with Gasteiger partial charge in [0.1, 0.15) is 12.4 Å². The van der Waals surface area contributed by atoms with Gasteiger partial charge in [0.25, 0.3) is 0 Å². The predicted molar refractivity (Wildman–Crippen MR) is 85.1 cm³/mol. The summed E-state index contributed by atoms with van der Waals surface area (Å²) in [6.45, 7) is 0.921. The Labute approximate surface area is 128 Å². The van der Waals surface area contributed by atoms with Crippen LogP contribution >= 0.6 is 11.6 Å². The Morgan fingerprint density at radius 3 is 2.48 bits per heavy atom. The van der Waals surface area contributed by atoms with Crippen LogP contribution in [0.4, 0.5) is 16.2 Å². The first kappa shape index (κ1) is 15.2. The van der Waals surface area contributed by atoms with Gasteiger partial charge >= 0.3 is 6.03 Å². The fourth-order valence-electron chi connectivity index (χ4n) is 1.67. The lowest BCUT2D eigenvalue weighted by Gasteiger charge is -2.09. The number of halogens is 1. The lowest BCUT2D eigenvalue weighted by atomic mass is 10.3. The summed E-state index contributed by atoms with van der Waals surface area (Å²) in [5, 5.41) is 5.98. The number of hydrogen-bond acceptors (Lipinski definition) is 3. The molecule has 110 valence electrons. The van der Waals surface area contributed by atoms with Crippen molar-refractivity contribution in [3.63, 3.8) is 0 Å². The second kappa shape index (κ2) is 7.52. The second-order valence-electron chi connectivity index (χ2n) is 4.25. The average Bonchev–Trinajstić information content (AvgIpc) is 2.46. The van der Waals surface area contributed by atoms with Crippen molar-refractivity contribution in [2.75, 3.05) is 23.8 Å². The summed E-state index contributed by atoms with van der Waals surface area (Å²) in [5.41, 5.74) is 6.65. The first-order valence-electron chi connectivity index (χ1n) is 6.44. The highest BCUT2D eigenvalue weighted by atomic mass is 35.5. The molecule has 0 bridgehead atoms. The lowest BCUT2D eigenvalue weighted by molar-refractivity contribution is 0.262. The van der Waals surface area contributed by atoms with Crippen LogP contribution in [0.2, 0.25) is 5.02 Å².